The topological polar surface area (TPSA) is 86.7 Å². The largest absolute Gasteiger partial charge is 0.480 e. The smallest absolute Gasteiger partial charge is 0.323 e. The van der Waals surface area contributed by atoms with Crippen molar-refractivity contribution < 1.29 is 18.3 Å². The van der Waals surface area contributed by atoms with E-state index in [2.05, 4.69) is 5.32 Å². The molecular weight excluding hydrogens is 220 g/mol. The van der Waals surface area contributed by atoms with Crippen LogP contribution in [0.5, 0.6) is 0 Å². The van der Waals surface area contributed by atoms with Gasteiger partial charge >= 0.3 is 5.97 Å². The van der Waals surface area contributed by atoms with Crippen molar-refractivity contribution in [2.45, 2.75) is 19.4 Å². The maximum absolute atomic E-state index is 11.3. The molecule has 2 N–H and O–H groups in total. The van der Waals surface area contributed by atoms with E-state index in [9.17, 15) is 13.2 Å². The predicted molar refractivity (Wildman–Crippen MR) is 57.2 cm³/mol. The lowest BCUT2D eigenvalue weighted by atomic mass is 10.1. The Labute approximate surface area is 90.3 Å². The van der Waals surface area contributed by atoms with Crippen LogP contribution in [0.2, 0.25) is 0 Å². The lowest BCUT2D eigenvalue weighted by Crippen LogP contribution is -2.48. The molecule has 6 nitrogen and oxygen atoms in total. The molecule has 0 bridgehead atoms. The summed E-state index contributed by atoms with van der Waals surface area (Å²) in [5.74, 6) is -1.12. The van der Waals surface area contributed by atoms with Crippen LogP contribution in [0, 0.1) is 0 Å². The average Bonchev–Trinajstić information content (AvgIpc) is 2.02. The van der Waals surface area contributed by atoms with E-state index in [0.29, 0.717) is 0 Å². The highest BCUT2D eigenvalue weighted by molar-refractivity contribution is 7.89. The molecule has 90 valence electrons. The quantitative estimate of drug-likeness (QED) is 0.641. The van der Waals surface area contributed by atoms with Crippen molar-refractivity contribution in [2.24, 2.45) is 0 Å². The molecular formula is C8H18N2O4S. The predicted octanol–water partition coefficient (Wildman–Crippen LogP) is -0.669. The molecule has 0 rings (SSSR count). The fraction of sp³-hybridized carbons (Fsp3) is 0.875. The number of aliphatic carboxylic acids is 1. The molecule has 0 unspecified atom stereocenters. The third-order valence-electron chi connectivity index (χ3n) is 2.02. The summed E-state index contributed by atoms with van der Waals surface area (Å²) in [6.07, 6.45) is 0. The van der Waals surface area contributed by atoms with Gasteiger partial charge in [-0.1, -0.05) is 0 Å². The van der Waals surface area contributed by atoms with Crippen LogP contribution in [-0.4, -0.2) is 55.7 Å². The van der Waals surface area contributed by atoms with Gasteiger partial charge in [0.25, 0.3) is 0 Å². The van der Waals surface area contributed by atoms with Gasteiger partial charge in [0, 0.05) is 20.6 Å². The number of nitrogens with zero attached hydrogens (tertiary/aromatic N) is 1. The van der Waals surface area contributed by atoms with Crippen molar-refractivity contribution >= 4 is 16.0 Å². The van der Waals surface area contributed by atoms with E-state index in [-0.39, 0.29) is 12.3 Å². The highest BCUT2D eigenvalue weighted by Gasteiger charge is 2.26. The molecule has 0 spiro atoms. The number of carboxylic acid groups (broad SMARTS) is 1. The number of hydrogen-bond donors (Lipinski definition) is 2. The standard InChI is InChI=1S/C8H18N2O4S/c1-8(2,7(11)12)9-5-6-15(13,14)10(3)4/h9H,5-6H2,1-4H3,(H,11,12). The first kappa shape index (κ1) is 14.3. The monoisotopic (exact) mass is 238 g/mol. The summed E-state index contributed by atoms with van der Waals surface area (Å²) in [5.41, 5.74) is -1.11. The lowest BCUT2D eigenvalue weighted by molar-refractivity contribution is -0.143. The van der Waals surface area contributed by atoms with E-state index in [4.69, 9.17) is 5.11 Å². The second-order valence-electron chi connectivity index (χ2n) is 3.96. The Morgan fingerprint density at radius 3 is 2.20 bits per heavy atom. The van der Waals surface area contributed by atoms with E-state index in [1.54, 1.807) is 0 Å². The second kappa shape index (κ2) is 4.91. The Morgan fingerprint density at radius 1 is 1.40 bits per heavy atom. The van der Waals surface area contributed by atoms with Gasteiger partial charge in [-0.2, -0.15) is 0 Å². The molecule has 0 aromatic heterocycles. The first-order valence-electron chi connectivity index (χ1n) is 4.48. The molecule has 0 amide bonds. The number of rotatable bonds is 6. The van der Waals surface area contributed by atoms with Crippen LogP contribution in [0.25, 0.3) is 0 Å². The molecule has 0 heterocycles. The summed E-state index contributed by atoms with van der Waals surface area (Å²) in [6.45, 7) is 3.08. The van der Waals surface area contributed by atoms with Gasteiger partial charge in [-0.05, 0) is 13.8 Å². The number of sulfonamides is 1. The Balaban J connectivity index is 4.17. The second-order valence-corrected chi connectivity index (χ2v) is 6.26. The zero-order valence-corrected chi connectivity index (χ0v) is 10.3. The number of carboxylic acids is 1. The summed E-state index contributed by atoms with van der Waals surface area (Å²) in [7, 11) is -0.384. The normalized spacial score (nSPS) is 13.1. The van der Waals surface area contributed by atoms with E-state index >= 15 is 0 Å². The van der Waals surface area contributed by atoms with Crippen LogP contribution in [-0.2, 0) is 14.8 Å². The molecule has 0 aliphatic carbocycles. The summed E-state index contributed by atoms with van der Waals surface area (Å²) >= 11 is 0. The Bertz CT molecular complexity index is 322. The van der Waals surface area contributed by atoms with Crippen molar-refractivity contribution in [2.75, 3.05) is 26.4 Å². The van der Waals surface area contributed by atoms with Gasteiger partial charge in [-0.25, -0.2) is 12.7 Å². The summed E-state index contributed by atoms with van der Waals surface area (Å²) in [4.78, 5) is 10.7. The van der Waals surface area contributed by atoms with E-state index < -0.39 is 21.5 Å². The molecule has 0 saturated carbocycles. The molecule has 0 aromatic rings. The summed E-state index contributed by atoms with van der Waals surface area (Å²) in [6, 6.07) is 0. The third-order valence-corrected chi connectivity index (χ3v) is 3.85. The molecule has 0 radical (unpaired) electrons. The van der Waals surface area contributed by atoms with Crippen LogP contribution >= 0.6 is 0 Å². The van der Waals surface area contributed by atoms with Gasteiger partial charge in [-0.3, -0.25) is 4.79 Å². The highest BCUT2D eigenvalue weighted by atomic mass is 32.2. The zero-order valence-electron chi connectivity index (χ0n) is 9.44. The minimum atomic E-state index is -3.27. The van der Waals surface area contributed by atoms with Gasteiger partial charge in [-0.15, -0.1) is 0 Å². The van der Waals surface area contributed by atoms with Gasteiger partial charge < -0.3 is 10.4 Å². The number of hydrogen-bond acceptors (Lipinski definition) is 4. The molecule has 0 saturated heterocycles. The van der Waals surface area contributed by atoms with Gasteiger partial charge in [0.1, 0.15) is 5.54 Å². The number of carbonyl (C=O) groups is 1. The number of nitrogens with one attached hydrogen (secondary N) is 1. The van der Waals surface area contributed by atoms with Gasteiger partial charge in [0.05, 0.1) is 5.75 Å². The first-order chi connectivity index (χ1) is 6.59. The molecule has 0 aromatic carbocycles. The minimum Gasteiger partial charge on any atom is -0.480 e. The molecule has 0 atom stereocenters. The first-order valence-corrected chi connectivity index (χ1v) is 6.09. The molecule has 0 aliphatic rings. The van der Waals surface area contributed by atoms with Crippen molar-refractivity contribution in [3.63, 3.8) is 0 Å². The van der Waals surface area contributed by atoms with Crippen LogP contribution in [0.15, 0.2) is 0 Å². The summed E-state index contributed by atoms with van der Waals surface area (Å²) in [5, 5.41) is 11.4. The van der Waals surface area contributed by atoms with Crippen molar-refractivity contribution in [1.29, 1.82) is 0 Å². The van der Waals surface area contributed by atoms with Crippen LogP contribution in [0.1, 0.15) is 13.8 Å². The zero-order chi connectivity index (χ0) is 12.3. The van der Waals surface area contributed by atoms with E-state index in [1.165, 1.54) is 27.9 Å². The molecule has 0 aliphatic heterocycles. The Kier molecular flexibility index (Phi) is 4.69. The van der Waals surface area contributed by atoms with Gasteiger partial charge in [0.2, 0.25) is 10.0 Å². The van der Waals surface area contributed by atoms with Crippen molar-refractivity contribution in [1.82, 2.24) is 9.62 Å². The average molecular weight is 238 g/mol. The van der Waals surface area contributed by atoms with Gasteiger partial charge in [0.15, 0.2) is 0 Å². The van der Waals surface area contributed by atoms with Crippen LogP contribution in [0.3, 0.4) is 0 Å². The Hall–Kier alpha value is -0.660. The lowest BCUT2D eigenvalue weighted by Gasteiger charge is -2.21. The van der Waals surface area contributed by atoms with Crippen molar-refractivity contribution in [3.8, 4) is 0 Å². The molecule has 7 heteroatoms. The third kappa shape index (κ3) is 4.59. The molecule has 0 fully saturated rings. The SMILES string of the molecule is CN(C)S(=O)(=O)CCNC(C)(C)C(=O)O. The summed E-state index contributed by atoms with van der Waals surface area (Å²) < 4.78 is 23.8. The Morgan fingerprint density at radius 2 is 1.87 bits per heavy atom. The van der Waals surface area contributed by atoms with Crippen LogP contribution < -0.4 is 5.32 Å². The van der Waals surface area contributed by atoms with E-state index in [0.717, 1.165) is 4.31 Å². The maximum atomic E-state index is 11.3. The van der Waals surface area contributed by atoms with E-state index in [1.807, 2.05) is 0 Å². The fourth-order valence-corrected chi connectivity index (χ4v) is 1.48. The maximum Gasteiger partial charge on any atom is 0.323 e. The van der Waals surface area contributed by atoms with Crippen LogP contribution in [0.4, 0.5) is 0 Å². The van der Waals surface area contributed by atoms with Crippen molar-refractivity contribution in [3.05, 3.63) is 0 Å². The fourth-order valence-electron chi connectivity index (χ4n) is 0.751. The minimum absolute atomic E-state index is 0.111. The highest BCUT2D eigenvalue weighted by Crippen LogP contribution is 2.01. The molecule has 15 heavy (non-hydrogen) atoms.